The van der Waals surface area contributed by atoms with Crippen molar-refractivity contribution in [3.8, 4) is 0 Å². The van der Waals surface area contributed by atoms with E-state index < -0.39 is 41.0 Å². The third kappa shape index (κ3) is 3.83. The standard InChI is InChI=1S/C15H18F3N3O4S/c1-3-20(4-2)26(24,25)10-5-6-11-12(9-10)21(8-7-13(22)23)14(19-11)15(16,17)18/h5-6,9H,3-4,7-8H2,1-2H3,(H,22,23). The van der Waals surface area contributed by atoms with Crippen molar-refractivity contribution in [3.63, 3.8) is 0 Å². The fourth-order valence-electron chi connectivity index (χ4n) is 2.63. The number of rotatable bonds is 7. The van der Waals surface area contributed by atoms with E-state index in [1.165, 1.54) is 16.4 Å². The van der Waals surface area contributed by atoms with Gasteiger partial charge in [0.25, 0.3) is 0 Å². The maximum atomic E-state index is 13.2. The van der Waals surface area contributed by atoms with Gasteiger partial charge in [0.05, 0.1) is 22.3 Å². The largest absolute Gasteiger partial charge is 0.481 e. The first-order valence-corrected chi connectivity index (χ1v) is 9.25. The highest BCUT2D eigenvalue weighted by Crippen LogP contribution is 2.32. The van der Waals surface area contributed by atoms with Crippen molar-refractivity contribution in [1.29, 1.82) is 0 Å². The smallest absolute Gasteiger partial charge is 0.449 e. The average molecular weight is 393 g/mol. The minimum absolute atomic E-state index is 0.0544. The molecule has 1 heterocycles. The number of alkyl halides is 3. The number of sulfonamides is 1. The molecule has 0 amide bonds. The van der Waals surface area contributed by atoms with Gasteiger partial charge in [-0.05, 0) is 18.2 Å². The second-order valence-electron chi connectivity index (χ2n) is 5.47. The lowest BCUT2D eigenvalue weighted by atomic mass is 10.3. The minimum Gasteiger partial charge on any atom is -0.481 e. The lowest BCUT2D eigenvalue weighted by Crippen LogP contribution is -2.30. The van der Waals surface area contributed by atoms with E-state index in [0.29, 0.717) is 4.57 Å². The van der Waals surface area contributed by atoms with E-state index in [-0.39, 0.29) is 29.0 Å². The molecular weight excluding hydrogens is 375 g/mol. The number of fused-ring (bicyclic) bond motifs is 1. The van der Waals surface area contributed by atoms with E-state index in [2.05, 4.69) is 4.98 Å². The number of imidazole rings is 1. The van der Waals surface area contributed by atoms with E-state index in [1.807, 2.05) is 0 Å². The first-order chi connectivity index (χ1) is 12.0. The summed E-state index contributed by atoms with van der Waals surface area (Å²) in [6, 6.07) is 3.50. The molecule has 0 unspecified atom stereocenters. The minimum atomic E-state index is -4.80. The van der Waals surface area contributed by atoms with Gasteiger partial charge in [-0.1, -0.05) is 13.8 Å². The lowest BCUT2D eigenvalue weighted by molar-refractivity contribution is -0.148. The Morgan fingerprint density at radius 2 is 1.88 bits per heavy atom. The molecule has 1 aromatic heterocycles. The zero-order chi connectivity index (χ0) is 19.7. The zero-order valence-corrected chi connectivity index (χ0v) is 14.9. The normalized spacial score (nSPS) is 12.8. The third-order valence-electron chi connectivity index (χ3n) is 3.87. The Kier molecular flexibility index (Phi) is 5.61. The summed E-state index contributed by atoms with van der Waals surface area (Å²) < 4.78 is 66.8. The molecule has 2 aromatic rings. The summed E-state index contributed by atoms with van der Waals surface area (Å²) in [7, 11) is -3.87. The van der Waals surface area contributed by atoms with Crippen molar-refractivity contribution in [1.82, 2.24) is 13.9 Å². The monoisotopic (exact) mass is 393 g/mol. The van der Waals surface area contributed by atoms with E-state index >= 15 is 0 Å². The Morgan fingerprint density at radius 3 is 2.38 bits per heavy atom. The van der Waals surface area contributed by atoms with E-state index in [0.717, 1.165) is 6.07 Å². The van der Waals surface area contributed by atoms with Crippen molar-refractivity contribution in [2.24, 2.45) is 0 Å². The van der Waals surface area contributed by atoms with Crippen LogP contribution in [0.5, 0.6) is 0 Å². The second-order valence-corrected chi connectivity index (χ2v) is 7.41. The SMILES string of the molecule is CCN(CC)S(=O)(=O)c1ccc2nc(C(F)(F)F)n(CCC(=O)O)c2c1. The number of aromatic nitrogens is 2. The molecule has 0 saturated carbocycles. The maximum Gasteiger partial charge on any atom is 0.449 e. The topological polar surface area (TPSA) is 92.5 Å². The highest BCUT2D eigenvalue weighted by molar-refractivity contribution is 7.89. The number of hydrogen-bond donors (Lipinski definition) is 1. The van der Waals surface area contributed by atoms with Gasteiger partial charge in [-0.3, -0.25) is 4.79 Å². The van der Waals surface area contributed by atoms with Crippen LogP contribution < -0.4 is 0 Å². The van der Waals surface area contributed by atoms with Crippen molar-refractivity contribution in [2.75, 3.05) is 13.1 Å². The molecule has 0 atom stereocenters. The molecule has 0 saturated heterocycles. The number of aliphatic carboxylic acids is 1. The number of carboxylic acid groups (broad SMARTS) is 1. The molecule has 1 aromatic carbocycles. The Hall–Kier alpha value is -2.14. The molecule has 0 spiro atoms. The summed E-state index contributed by atoms with van der Waals surface area (Å²) >= 11 is 0. The molecule has 1 N–H and O–H groups in total. The molecule has 144 valence electrons. The quantitative estimate of drug-likeness (QED) is 0.781. The summed E-state index contributed by atoms with van der Waals surface area (Å²) in [6.07, 6.45) is -5.35. The maximum absolute atomic E-state index is 13.2. The highest BCUT2D eigenvalue weighted by atomic mass is 32.2. The highest BCUT2D eigenvalue weighted by Gasteiger charge is 2.38. The molecule has 0 aliphatic carbocycles. The van der Waals surface area contributed by atoms with Gasteiger partial charge in [0, 0.05) is 19.6 Å². The first-order valence-electron chi connectivity index (χ1n) is 7.81. The number of hydrogen-bond acceptors (Lipinski definition) is 4. The van der Waals surface area contributed by atoms with Gasteiger partial charge >= 0.3 is 12.1 Å². The zero-order valence-electron chi connectivity index (χ0n) is 14.1. The molecule has 0 bridgehead atoms. The second kappa shape index (κ2) is 7.23. The Bertz CT molecular complexity index is 918. The number of halogens is 3. The van der Waals surface area contributed by atoms with Crippen LogP contribution in [-0.2, 0) is 27.5 Å². The Labute approximate surface area is 148 Å². The molecule has 11 heteroatoms. The van der Waals surface area contributed by atoms with Crippen molar-refractivity contribution < 1.29 is 31.5 Å². The lowest BCUT2D eigenvalue weighted by Gasteiger charge is -2.18. The van der Waals surface area contributed by atoms with Crippen molar-refractivity contribution in [2.45, 2.75) is 37.9 Å². The summed E-state index contributed by atoms with van der Waals surface area (Å²) in [5.41, 5.74) is -0.131. The van der Waals surface area contributed by atoms with Crippen molar-refractivity contribution in [3.05, 3.63) is 24.0 Å². The van der Waals surface area contributed by atoms with Crippen LogP contribution in [0.4, 0.5) is 13.2 Å². The van der Waals surface area contributed by atoms with Gasteiger partial charge in [-0.15, -0.1) is 0 Å². The molecule has 26 heavy (non-hydrogen) atoms. The van der Waals surface area contributed by atoms with Crippen LogP contribution in [0, 0.1) is 0 Å². The molecule has 0 aliphatic rings. The molecule has 2 rings (SSSR count). The third-order valence-corrected chi connectivity index (χ3v) is 5.91. The molecule has 0 aliphatic heterocycles. The number of nitrogens with zero attached hydrogens (tertiary/aromatic N) is 3. The summed E-state index contributed by atoms with van der Waals surface area (Å²) in [5.74, 6) is -2.53. The summed E-state index contributed by atoms with van der Waals surface area (Å²) in [6.45, 7) is 3.25. The van der Waals surface area contributed by atoms with Crippen LogP contribution in [0.1, 0.15) is 26.1 Å². The van der Waals surface area contributed by atoms with Crippen molar-refractivity contribution >= 4 is 27.0 Å². The fraction of sp³-hybridized carbons (Fsp3) is 0.467. The molecular formula is C15H18F3N3O4S. The van der Waals surface area contributed by atoms with Gasteiger partial charge in [0.15, 0.2) is 0 Å². The van der Waals surface area contributed by atoms with Gasteiger partial charge in [-0.2, -0.15) is 17.5 Å². The van der Waals surface area contributed by atoms with Crippen LogP contribution in [0.15, 0.2) is 23.1 Å². The van der Waals surface area contributed by atoms with E-state index in [1.54, 1.807) is 13.8 Å². The van der Waals surface area contributed by atoms with E-state index in [4.69, 9.17) is 5.11 Å². The molecule has 0 fully saturated rings. The van der Waals surface area contributed by atoms with Crippen LogP contribution in [-0.4, -0.2) is 46.4 Å². The molecule has 0 radical (unpaired) electrons. The van der Waals surface area contributed by atoms with Crippen LogP contribution in [0.25, 0.3) is 11.0 Å². The number of carbonyl (C=O) groups is 1. The van der Waals surface area contributed by atoms with Crippen LogP contribution in [0.2, 0.25) is 0 Å². The Morgan fingerprint density at radius 1 is 1.27 bits per heavy atom. The van der Waals surface area contributed by atoms with E-state index in [9.17, 15) is 26.4 Å². The molecule has 7 nitrogen and oxygen atoms in total. The predicted octanol–water partition coefficient (Wildman–Crippen LogP) is 2.56. The number of carboxylic acids is 1. The summed E-state index contributed by atoms with van der Waals surface area (Å²) in [4.78, 5) is 14.1. The van der Waals surface area contributed by atoms with Crippen LogP contribution in [0.3, 0.4) is 0 Å². The number of benzene rings is 1. The average Bonchev–Trinajstić information content (AvgIpc) is 2.91. The van der Waals surface area contributed by atoms with Gasteiger partial charge < -0.3 is 9.67 Å². The van der Waals surface area contributed by atoms with Crippen LogP contribution >= 0.6 is 0 Å². The Balaban J connectivity index is 2.67. The predicted molar refractivity (Wildman–Crippen MR) is 87.1 cm³/mol. The van der Waals surface area contributed by atoms with Gasteiger partial charge in [-0.25, -0.2) is 13.4 Å². The van der Waals surface area contributed by atoms with Gasteiger partial charge in [0.1, 0.15) is 0 Å². The van der Waals surface area contributed by atoms with Gasteiger partial charge in [0.2, 0.25) is 15.8 Å². The number of aryl methyl sites for hydroxylation is 1. The first kappa shape index (κ1) is 20.2. The fourth-order valence-corrected chi connectivity index (χ4v) is 4.10. The summed E-state index contributed by atoms with van der Waals surface area (Å²) in [5, 5.41) is 8.78.